The average molecular weight is 393 g/mol. The lowest BCUT2D eigenvalue weighted by Gasteiger charge is -2.29. The molecule has 1 N–H and O–H groups in total. The van der Waals surface area contributed by atoms with Crippen molar-refractivity contribution in [3.8, 4) is 6.01 Å². The maximum Gasteiger partial charge on any atom is 0.416 e. The third kappa shape index (κ3) is 5.21. The van der Waals surface area contributed by atoms with Crippen LogP contribution in [0.25, 0.3) is 0 Å². The van der Waals surface area contributed by atoms with Gasteiger partial charge >= 0.3 is 12.2 Å². The van der Waals surface area contributed by atoms with Gasteiger partial charge in [-0.15, -0.1) is 0 Å². The predicted molar refractivity (Wildman–Crippen MR) is 97.1 cm³/mol. The monoisotopic (exact) mass is 393 g/mol. The first-order chi connectivity index (χ1) is 13.2. The molecule has 1 aliphatic carbocycles. The summed E-state index contributed by atoms with van der Waals surface area (Å²) in [4.78, 5) is 20.8. The molecule has 150 valence electrons. The Hall–Kier alpha value is -2.64. The van der Waals surface area contributed by atoms with E-state index in [1.54, 1.807) is 0 Å². The van der Waals surface area contributed by atoms with Crippen molar-refractivity contribution in [2.75, 3.05) is 0 Å². The molecule has 28 heavy (non-hydrogen) atoms. The Bertz CT molecular complexity index is 827. The lowest BCUT2D eigenvalue weighted by atomic mass is 9.92. The third-order valence-corrected chi connectivity index (χ3v) is 4.70. The molecule has 0 bridgehead atoms. The van der Waals surface area contributed by atoms with Crippen LogP contribution >= 0.6 is 0 Å². The van der Waals surface area contributed by atoms with E-state index < -0.39 is 17.6 Å². The van der Waals surface area contributed by atoms with Crippen molar-refractivity contribution in [1.82, 2.24) is 15.3 Å². The minimum Gasteiger partial charge on any atom is -0.460 e. The van der Waals surface area contributed by atoms with Crippen LogP contribution < -0.4 is 10.1 Å². The first-order valence-electron chi connectivity index (χ1n) is 9.18. The van der Waals surface area contributed by atoms with Gasteiger partial charge in [-0.3, -0.25) is 4.79 Å². The van der Waals surface area contributed by atoms with Gasteiger partial charge in [0.15, 0.2) is 0 Å². The number of carbonyl (C=O) groups excluding carboxylic acids is 1. The van der Waals surface area contributed by atoms with Crippen LogP contribution in [0, 0.1) is 13.8 Å². The Morgan fingerprint density at radius 1 is 1.07 bits per heavy atom. The molecule has 1 aromatic carbocycles. The third-order valence-electron chi connectivity index (χ3n) is 4.70. The van der Waals surface area contributed by atoms with E-state index in [0.717, 1.165) is 23.5 Å². The Labute approximate surface area is 161 Å². The molecule has 0 unspecified atom stereocenters. The van der Waals surface area contributed by atoms with Gasteiger partial charge in [0, 0.05) is 23.0 Å². The van der Waals surface area contributed by atoms with E-state index in [1.165, 1.54) is 12.1 Å². The van der Waals surface area contributed by atoms with Crippen LogP contribution in [0.5, 0.6) is 6.01 Å². The highest BCUT2D eigenvalue weighted by molar-refractivity contribution is 5.94. The van der Waals surface area contributed by atoms with Gasteiger partial charge in [-0.2, -0.15) is 13.2 Å². The number of carbonyl (C=O) groups is 1. The van der Waals surface area contributed by atoms with Gasteiger partial charge in [-0.25, -0.2) is 9.97 Å². The van der Waals surface area contributed by atoms with Crippen molar-refractivity contribution in [2.45, 2.75) is 57.9 Å². The predicted octanol–water partition coefficient (Wildman–Crippen LogP) is 4.23. The maximum atomic E-state index is 12.8. The number of halogens is 3. The quantitative estimate of drug-likeness (QED) is 0.844. The minimum atomic E-state index is -4.47. The molecule has 1 fully saturated rings. The fourth-order valence-corrected chi connectivity index (χ4v) is 3.33. The second kappa shape index (κ2) is 8.16. The molecule has 0 spiro atoms. The SMILES string of the molecule is Cc1cc(C)nc(OC2CCC(NC(=O)c3cccc(C(F)(F)F)c3)CC2)n1. The first kappa shape index (κ1) is 20.1. The number of hydrogen-bond donors (Lipinski definition) is 1. The van der Waals surface area contributed by atoms with Gasteiger partial charge in [0.2, 0.25) is 0 Å². The van der Waals surface area contributed by atoms with Crippen molar-refractivity contribution in [2.24, 2.45) is 0 Å². The normalized spacial score (nSPS) is 19.9. The molecular weight excluding hydrogens is 371 g/mol. The van der Waals surface area contributed by atoms with E-state index in [9.17, 15) is 18.0 Å². The molecule has 0 saturated heterocycles. The van der Waals surface area contributed by atoms with Crippen LogP contribution in [0.1, 0.15) is 53.0 Å². The van der Waals surface area contributed by atoms with Crippen LogP contribution in [0.4, 0.5) is 13.2 Å². The highest BCUT2D eigenvalue weighted by atomic mass is 19.4. The van der Waals surface area contributed by atoms with E-state index in [4.69, 9.17) is 4.74 Å². The van der Waals surface area contributed by atoms with Crippen LogP contribution in [0.2, 0.25) is 0 Å². The summed E-state index contributed by atoms with van der Waals surface area (Å²) in [6, 6.07) is 6.59. The molecule has 1 saturated carbocycles. The first-order valence-corrected chi connectivity index (χ1v) is 9.18. The summed E-state index contributed by atoms with van der Waals surface area (Å²) in [7, 11) is 0. The average Bonchev–Trinajstić information content (AvgIpc) is 2.62. The number of aryl methyl sites for hydroxylation is 2. The van der Waals surface area contributed by atoms with Crippen LogP contribution in [-0.2, 0) is 6.18 Å². The molecule has 3 rings (SSSR count). The van der Waals surface area contributed by atoms with E-state index in [-0.39, 0.29) is 17.7 Å². The number of rotatable bonds is 4. The zero-order chi connectivity index (χ0) is 20.3. The highest BCUT2D eigenvalue weighted by Crippen LogP contribution is 2.29. The van der Waals surface area contributed by atoms with Gasteiger partial charge in [0.05, 0.1) is 5.56 Å². The number of ether oxygens (including phenoxy) is 1. The molecular formula is C20H22F3N3O2. The Morgan fingerprint density at radius 2 is 1.71 bits per heavy atom. The second-order valence-electron chi connectivity index (χ2n) is 7.08. The van der Waals surface area contributed by atoms with E-state index in [0.29, 0.717) is 31.7 Å². The fourth-order valence-electron chi connectivity index (χ4n) is 3.33. The molecule has 1 amide bonds. The molecule has 8 heteroatoms. The lowest BCUT2D eigenvalue weighted by molar-refractivity contribution is -0.137. The molecule has 5 nitrogen and oxygen atoms in total. The smallest absolute Gasteiger partial charge is 0.416 e. The van der Waals surface area contributed by atoms with Crippen molar-refractivity contribution >= 4 is 5.91 Å². The summed E-state index contributed by atoms with van der Waals surface area (Å²) < 4.78 is 44.3. The fraction of sp³-hybridized carbons (Fsp3) is 0.450. The van der Waals surface area contributed by atoms with Crippen molar-refractivity contribution < 1.29 is 22.7 Å². The van der Waals surface area contributed by atoms with Crippen LogP contribution in [-0.4, -0.2) is 28.0 Å². The molecule has 1 aliphatic rings. The zero-order valence-corrected chi connectivity index (χ0v) is 15.7. The van der Waals surface area contributed by atoms with Crippen molar-refractivity contribution in [3.63, 3.8) is 0 Å². The number of alkyl halides is 3. The summed E-state index contributed by atoms with van der Waals surface area (Å²) in [5, 5.41) is 2.82. The number of amides is 1. The van der Waals surface area contributed by atoms with Gasteiger partial charge in [0.1, 0.15) is 6.10 Å². The number of benzene rings is 1. The van der Waals surface area contributed by atoms with Crippen LogP contribution in [0.3, 0.4) is 0 Å². The number of hydrogen-bond acceptors (Lipinski definition) is 4. The van der Waals surface area contributed by atoms with Crippen molar-refractivity contribution in [1.29, 1.82) is 0 Å². The lowest BCUT2D eigenvalue weighted by Crippen LogP contribution is -2.39. The molecule has 0 atom stereocenters. The minimum absolute atomic E-state index is 0.0110. The zero-order valence-electron chi connectivity index (χ0n) is 15.7. The molecule has 0 aliphatic heterocycles. The number of nitrogens with zero attached hydrogens (tertiary/aromatic N) is 2. The van der Waals surface area contributed by atoms with E-state index in [2.05, 4.69) is 15.3 Å². The number of nitrogens with one attached hydrogen (secondary N) is 1. The van der Waals surface area contributed by atoms with Gasteiger partial charge in [-0.05, 0) is 63.8 Å². The molecule has 1 heterocycles. The van der Waals surface area contributed by atoms with E-state index >= 15 is 0 Å². The van der Waals surface area contributed by atoms with Crippen molar-refractivity contribution in [3.05, 3.63) is 52.8 Å². The standard InChI is InChI=1S/C20H22F3N3O2/c1-12-10-13(2)25-19(24-12)28-17-8-6-16(7-9-17)26-18(27)14-4-3-5-15(11-14)20(21,22)23/h3-5,10-11,16-17H,6-9H2,1-2H3,(H,26,27). The summed E-state index contributed by atoms with van der Waals surface area (Å²) >= 11 is 0. The van der Waals surface area contributed by atoms with E-state index in [1.807, 2.05) is 19.9 Å². The Morgan fingerprint density at radius 3 is 2.32 bits per heavy atom. The second-order valence-corrected chi connectivity index (χ2v) is 7.08. The largest absolute Gasteiger partial charge is 0.460 e. The summed E-state index contributed by atoms with van der Waals surface area (Å²) in [5.74, 6) is -0.492. The molecule has 2 aromatic rings. The maximum absolute atomic E-state index is 12.8. The van der Waals surface area contributed by atoms with Gasteiger partial charge in [0.25, 0.3) is 5.91 Å². The van der Waals surface area contributed by atoms with Gasteiger partial charge < -0.3 is 10.1 Å². The highest BCUT2D eigenvalue weighted by Gasteiger charge is 2.31. The molecule has 1 aromatic heterocycles. The Kier molecular flexibility index (Phi) is 5.86. The topological polar surface area (TPSA) is 64.1 Å². The Balaban J connectivity index is 1.53. The number of aromatic nitrogens is 2. The molecule has 0 radical (unpaired) electrons. The summed E-state index contributed by atoms with van der Waals surface area (Å²) in [6.07, 6.45) is -1.72. The van der Waals surface area contributed by atoms with Crippen LogP contribution in [0.15, 0.2) is 30.3 Å². The summed E-state index contributed by atoms with van der Waals surface area (Å²) in [5.41, 5.74) is 0.858. The van der Waals surface area contributed by atoms with Gasteiger partial charge in [-0.1, -0.05) is 6.07 Å². The summed E-state index contributed by atoms with van der Waals surface area (Å²) in [6.45, 7) is 3.75.